The van der Waals surface area contributed by atoms with E-state index in [4.69, 9.17) is 4.74 Å². The van der Waals surface area contributed by atoms with Gasteiger partial charge in [-0.1, -0.05) is 0 Å². The molecule has 1 unspecified atom stereocenters. The van der Waals surface area contributed by atoms with Crippen molar-refractivity contribution >= 4 is 0 Å². The van der Waals surface area contributed by atoms with E-state index in [9.17, 15) is 0 Å². The summed E-state index contributed by atoms with van der Waals surface area (Å²) in [6.07, 6.45) is 2.94. The average Bonchev–Trinajstić information content (AvgIpc) is 2.40. The Balaban J connectivity index is 1.77. The number of piperidine rings is 1. The van der Waals surface area contributed by atoms with Crippen molar-refractivity contribution in [1.82, 2.24) is 15.1 Å². The molecule has 2 aliphatic rings. The summed E-state index contributed by atoms with van der Waals surface area (Å²) in [6, 6.07) is 1.38. The number of morpholine rings is 1. The Labute approximate surface area is 112 Å². The predicted octanol–water partition coefficient (Wildman–Crippen LogP) is 0.779. The van der Waals surface area contributed by atoms with Gasteiger partial charge in [0.2, 0.25) is 0 Å². The molecule has 2 rings (SSSR count). The molecule has 0 bridgehead atoms. The highest BCUT2D eigenvalue weighted by Gasteiger charge is 2.26. The van der Waals surface area contributed by atoms with Gasteiger partial charge >= 0.3 is 0 Å². The smallest absolute Gasteiger partial charge is 0.0829 e. The summed E-state index contributed by atoms with van der Waals surface area (Å²) in [5.74, 6) is 0. The summed E-state index contributed by atoms with van der Waals surface area (Å²) < 4.78 is 5.92. The van der Waals surface area contributed by atoms with Crippen molar-refractivity contribution in [2.75, 3.05) is 46.4 Å². The maximum absolute atomic E-state index is 5.92. The molecule has 2 saturated heterocycles. The van der Waals surface area contributed by atoms with Crippen LogP contribution in [0.3, 0.4) is 0 Å². The second-order valence-electron chi connectivity index (χ2n) is 6.00. The first-order chi connectivity index (χ1) is 8.66. The van der Waals surface area contributed by atoms with Crippen LogP contribution in [0.2, 0.25) is 0 Å². The molecular formula is C14H29N3O. The second kappa shape index (κ2) is 6.85. The monoisotopic (exact) mass is 255 g/mol. The van der Waals surface area contributed by atoms with Gasteiger partial charge in [0.1, 0.15) is 0 Å². The highest BCUT2D eigenvalue weighted by molar-refractivity contribution is 4.81. The minimum Gasteiger partial charge on any atom is -0.374 e. The largest absolute Gasteiger partial charge is 0.374 e. The summed E-state index contributed by atoms with van der Waals surface area (Å²) in [5, 5.41) is 3.43. The summed E-state index contributed by atoms with van der Waals surface area (Å²) in [4.78, 5) is 5.04. The normalized spacial score (nSPS) is 28.2. The van der Waals surface area contributed by atoms with E-state index in [0.29, 0.717) is 12.1 Å². The van der Waals surface area contributed by atoms with E-state index >= 15 is 0 Å². The topological polar surface area (TPSA) is 27.7 Å². The van der Waals surface area contributed by atoms with Gasteiger partial charge in [-0.3, -0.25) is 4.90 Å². The Morgan fingerprint density at radius 2 is 2.06 bits per heavy atom. The van der Waals surface area contributed by atoms with Gasteiger partial charge in [-0.15, -0.1) is 0 Å². The number of nitrogens with zero attached hydrogens (tertiary/aromatic N) is 2. The lowest BCUT2D eigenvalue weighted by Crippen LogP contribution is -2.51. The number of ether oxygens (including phenoxy) is 1. The third kappa shape index (κ3) is 3.92. The molecule has 0 aliphatic carbocycles. The predicted molar refractivity (Wildman–Crippen MR) is 75.0 cm³/mol. The first kappa shape index (κ1) is 14.3. The fourth-order valence-corrected chi connectivity index (χ4v) is 3.04. The summed E-state index contributed by atoms with van der Waals surface area (Å²) in [6.45, 7) is 11.0. The van der Waals surface area contributed by atoms with Crippen molar-refractivity contribution in [3.63, 3.8) is 0 Å². The summed E-state index contributed by atoms with van der Waals surface area (Å²) in [5.41, 5.74) is 0. The van der Waals surface area contributed by atoms with E-state index in [2.05, 4.69) is 36.0 Å². The third-order valence-electron chi connectivity index (χ3n) is 4.32. The molecule has 2 aliphatic heterocycles. The number of likely N-dealkylation sites (N-methyl/N-ethyl adjacent to an activating group) is 1. The number of hydrogen-bond acceptors (Lipinski definition) is 4. The van der Waals surface area contributed by atoms with Crippen molar-refractivity contribution < 1.29 is 4.74 Å². The van der Waals surface area contributed by atoms with Crippen LogP contribution in [0.15, 0.2) is 0 Å². The van der Waals surface area contributed by atoms with Crippen LogP contribution in [0.25, 0.3) is 0 Å². The van der Waals surface area contributed by atoms with Gasteiger partial charge < -0.3 is 15.0 Å². The van der Waals surface area contributed by atoms with Gasteiger partial charge in [0, 0.05) is 31.7 Å². The first-order valence-electron chi connectivity index (χ1n) is 7.43. The van der Waals surface area contributed by atoms with Crippen molar-refractivity contribution in [2.45, 2.75) is 44.9 Å². The molecule has 1 N–H and O–H groups in total. The van der Waals surface area contributed by atoms with E-state index in [1.54, 1.807) is 0 Å². The Bertz CT molecular complexity index is 241. The summed E-state index contributed by atoms with van der Waals surface area (Å²) >= 11 is 0. The fourth-order valence-electron chi connectivity index (χ4n) is 3.04. The molecule has 0 aromatic rings. The van der Waals surface area contributed by atoms with Crippen LogP contribution in [0.4, 0.5) is 0 Å². The second-order valence-corrected chi connectivity index (χ2v) is 6.00. The minimum absolute atomic E-state index is 0.390. The Morgan fingerprint density at radius 3 is 2.72 bits per heavy atom. The molecule has 0 amide bonds. The Hall–Kier alpha value is -0.160. The van der Waals surface area contributed by atoms with Crippen LogP contribution in [0.5, 0.6) is 0 Å². The molecule has 0 radical (unpaired) electrons. The lowest BCUT2D eigenvalue weighted by atomic mass is 10.0. The molecule has 2 fully saturated rings. The highest BCUT2D eigenvalue weighted by Crippen LogP contribution is 2.14. The number of hydrogen-bond donors (Lipinski definition) is 1. The van der Waals surface area contributed by atoms with E-state index in [1.165, 1.54) is 25.9 Å². The SMILES string of the molecule is CC(C)N1CCOC(CN(C)C2CCNCC2)C1. The van der Waals surface area contributed by atoms with Crippen LogP contribution in [-0.2, 0) is 4.74 Å². The lowest BCUT2D eigenvalue weighted by molar-refractivity contribution is -0.0546. The number of nitrogens with one attached hydrogen (secondary N) is 1. The van der Waals surface area contributed by atoms with Gasteiger partial charge in [-0.05, 0) is 46.8 Å². The Kier molecular flexibility index (Phi) is 5.42. The quantitative estimate of drug-likeness (QED) is 0.803. The molecule has 0 aromatic carbocycles. The van der Waals surface area contributed by atoms with E-state index in [-0.39, 0.29) is 0 Å². The molecular weight excluding hydrogens is 226 g/mol. The van der Waals surface area contributed by atoms with Gasteiger partial charge in [-0.25, -0.2) is 0 Å². The van der Waals surface area contributed by atoms with Gasteiger partial charge in [0.05, 0.1) is 12.7 Å². The molecule has 4 heteroatoms. The highest BCUT2D eigenvalue weighted by atomic mass is 16.5. The van der Waals surface area contributed by atoms with Crippen molar-refractivity contribution in [2.24, 2.45) is 0 Å². The standard InChI is InChI=1S/C14H29N3O/c1-12(2)17-8-9-18-14(11-17)10-16(3)13-4-6-15-7-5-13/h12-15H,4-11H2,1-3H3. The molecule has 18 heavy (non-hydrogen) atoms. The molecule has 2 heterocycles. The molecule has 106 valence electrons. The first-order valence-corrected chi connectivity index (χ1v) is 7.43. The van der Waals surface area contributed by atoms with Crippen LogP contribution in [0, 0.1) is 0 Å². The molecule has 0 saturated carbocycles. The number of rotatable bonds is 4. The third-order valence-corrected chi connectivity index (χ3v) is 4.32. The van der Waals surface area contributed by atoms with Crippen molar-refractivity contribution in [1.29, 1.82) is 0 Å². The van der Waals surface area contributed by atoms with Gasteiger partial charge in [0.25, 0.3) is 0 Å². The molecule has 0 aromatic heterocycles. The zero-order valence-electron chi connectivity index (χ0n) is 12.2. The fraction of sp³-hybridized carbons (Fsp3) is 1.00. The van der Waals surface area contributed by atoms with Gasteiger partial charge in [-0.2, -0.15) is 0 Å². The van der Waals surface area contributed by atoms with E-state index in [1.807, 2.05) is 0 Å². The van der Waals surface area contributed by atoms with E-state index < -0.39 is 0 Å². The summed E-state index contributed by atoms with van der Waals surface area (Å²) in [7, 11) is 2.26. The average molecular weight is 255 g/mol. The van der Waals surface area contributed by atoms with Crippen LogP contribution in [-0.4, -0.2) is 74.4 Å². The van der Waals surface area contributed by atoms with Crippen molar-refractivity contribution in [3.05, 3.63) is 0 Å². The zero-order valence-corrected chi connectivity index (χ0v) is 12.2. The minimum atomic E-state index is 0.390. The Morgan fingerprint density at radius 1 is 1.33 bits per heavy atom. The lowest BCUT2D eigenvalue weighted by Gasteiger charge is -2.39. The van der Waals surface area contributed by atoms with Crippen LogP contribution < -0.4 is 5.32 Å². The zero-order chi connectivity index (χ0) is 13.0. The maximum Gasteiger partial charge on any atom is 0.0829 e. The maximum atomic E-state index is 5.92. The van der Waals surface area contributed by atoms with Gasteiger partial charge in [0.15, 0.2) is 0 Å². The van der Waals surface area contributed by atoms with Crippen LogP contribution in [0.1, 0.15) is 26.7 Å². The molecule has 0 spiro atoms. The van der Waals surface area contributed by atoms with E-state index in [0.717, 1.165) is 32.3 Å². The molecule has 1 atom stereocenters. The molecule has 4 nitrogen and oxygen atoms in total. The van der Waals surface area contributed by atoms with Crippen molar-refractivity contribution in [3.8, 4) is 0 Å². The van der Waals surface area contributed by atoms with Crippen LogP contribution >= 0.6 is 0 Å².